The molecule has 2 N–H and O–H groups in total. The Morgan fingerprint density at radius 3 is 3.15 bits per heavy atom. The molecule has 1 aromatic rings. The summed E-state index contributed by atoms with van der Waals surface area (Å²) in [4.78, 5) is 0. The van der Waals surface area contributed by atoms with E-state index in [-0.39, 0.29) is 0 Å². The van der Waals surface area contributed by atoms with Gasteiger partial charge in [-0.05, 0) is 13.8 Å². The summed E-state index contributed by atoms with van der Waals surface area (Å²) in [6, 6.07) is 0.411. The van der Waals surface area contributed by atoms with Crippen LogP contribution in [0.25, 0.3) is 0 Å². The highest BCUT2D eigenvalue weighted by Gasteiger charge is 2.17. The van der Waals surface area contributed by atoms with Gasteiger partial charge in [0.05, 0.1) is 13.2 Å². The first kappa shape index (κ1) is 8.56. The van der Waals surface area contributed by atoms with Crippen molar-refractivity contribution >= 4 is 5.82 Å². The fourth-order valence-corrected chi connectivity index (χ4v) is 1.50. The van der Waals surface area contributed by atoms with Crippen LogP contribution in [0.2, 0.25) is 0 Å². The summed E-state index contributed by atoms with van der Waals surface area (Å²) in [5.41, 5.74) is 2.41. The van der Waals surface area contributed by atoms with Gasteiger partial charge in [0.15, 0.2) is 5.82 Å². The number of anilines is 1. The van der Waals surface area contributed by atoms with E-state index in [1.165, 1.54) is 11.3 Å². The summed E-state index contributed by atoms with van der Waals surface area (Å²) in [6.07, 6.45) is 0.947. The van der Waals surface area contributed by atoms with Crippen LogP contribution in [0.5, 0.6) is 0 Å². The van der Waals surface area contributed by atoms with Crippen LogP contribution in [0.4, 0.5) is 5.82 Å². The van der Waals surface area contributed by atoms with Gasteiger partial charge >= 0.3 is 0 Å². The topological polar surface area (TPSA) is 49.9 Å². The van der Waals surface area contributed by atoms with Gasteiger partial charge in [-0.2, -0.15) is 5.10 Å². The average molecular weight is 181 g/mol. The van der Waals surface area contributed by atoms with E-state index in [1.54, 1.807) is 0 Å². The molecule has 1 aromatic heterocycles. The standard InChI is InChI=1S/C9H15N3O/c1-6(2)10-9-7-5-13-4-3-8(7)11-12-9/h6H,3-5H2,1-2H3,(H2,10,11,12). The summed E-state index contributed by atoms with van der Waals surface area (Å²) < 4.78 is 5.38. The zero-order valence-electron chi connectivity index (χ0n) is 8.05. The van der Waals surface area contributed by atoms with E-state index >= 15 is 0 Å². The molecular formula is C9H15N3O. The number of fused-ring (bicyclic) bond motifs is 1. The van der Waals surface area contributed by atoms with Crippen LogP contribution < -0.4 is 5.32 Å². The highest BCUT2D eigenvalue weighted by Crippen LogP contribution is 2.22. The molecule has 0 fully saturated rings. The van der Waals surface area contributed by atoms with Crippen molar-refractivity contribution in [2.45, 2.75) is 32.9 Å². The molecule has 2 rings (SSSR count). The number of hydrogen-bond acceptors (Lipinski definition) is 3. The lowest BCUT2D eigenvalue weighted by Gasteiger charge is -2.14. The van der Waals surface area contributed by atoms with Crippen molar-refractivity contribution < 1.29 is 4.74 Å². The maximum absolute atomic E-state index is 5.38. The first-order valence-electron chi connectivity index (χ1n) is 4.68. The third kappa shape index (κ3) is 1.67. The van der Waals surface area contributed by atoms with Crippen LogP contribution in [-0.4, -0.2) is 22.8 Å². The van der Waals surface area contributed by atoms with Gasteiger partial charge in [0.2, 0.25) is 0 Å². The first-order valence-corrected chi connectivity index (χ1v) is 4.68. The summed E-state index contributed by atoms with van der Waals surface area (Å²) in [5, 5.41) is 10.6. The van der Waals surface area contributed by atoms with Gasteiger partial charge in [-0.1, -0.05) is 0 Å². The van der Waals surface area contributed by atoms with Gasteiger partial charge in [-0.25, -0.2) is 0 Å². The maximum atomic E-state index is 5.38. The van der Waals surface area contributed by atoms with E-state index in [0.717, 1.165) is 18.8 Å². The van der Waals surface area contributed by atoms with E-state index in [2.05, 4.69) is 29.4 Å². The number of ether oxygens (including phenoxy) is 1. The van der Waals surface area contributed by atoms with Crippen molar-refractivity contribution in [3.63, 3.8) is 0 Å². The number of H-pyrrole nitrogens is 1. The summed E-state index contributed by atoms with van der Waals surface area (Å²) in [5.74, 6) is 0.949. The Bertz CT molecular complexity index is 293. The molecule has 0 radical (unpaired) electrons. The lowest BCUT2D eigenvalue weighted by Crippen LogP contribution is -2.14. The zero-order chi connectivity index (χ0) is 9.26. The van der Waals surface area contributed by atoms with Gasteiger partial charge in [0.25, 0.3) is 0 Å². The van der Waals surface area contributed by atoms with Crippen LogP contribution >= 0.6 is 0 Å². The molecule has 4 heteroatoms. The second kappa shape index (κ2) is 3.38. The minimum atomic E-state index is 0.411. The monoisotopic (exact) mass is 181 g/mol. The number of rotatable bonds is 2. The smallest absolute Gasteiger partial charge is 0.153 e. The largest absolute Gasteiger partial charge is 0.376 e. The normalized spacial score (nSPS) is 15.9. The Hall–Kier alpha value is -1.03. The third-order valence-electron chi connectivity index (χ3n) is 2.12. The SMILES string of the molecule is CC(C)Nc1n[nH]c2c1COCC2. The van der Waals surface area contributed by atoms with Crippen LogP contribution in [-0.2, 0) is 17.8 Å². The molecular weight excluding hydrogens is 166 g/mol. The Morgan fingerprint density at radius 2 is 2.38 bits per heavy atom. The van der Waals surface area contributed by atoms with Gasteiger partial charge in [0.1, 0.15) is 0 Å². The molecule has 0 atom stereocenters. The predicted molar refractivity (Wildman–Crippen MR) is 50.7 cm³/mol. The van der Waals surface area contributed by atoms with E-state index in [1.807, 2.05) is 0 Å². The molecule has 0 saturated carbocycles. The Morgan fingerprint density at radius 1 is 1.54 bits per heavy atom. The molecule has 0 aromatic carbocycles. The molecule has 1 aliphatic heterocycles. The van der Waals surface area contributed by atoms with E-state index in [9.17, 15) is 0 Å². The summed E-state index contributed by atoms with van der Waals surface area (Å²) >= 11 is 0. The van der Waals surface area contributed by atoms with Crippen molar-refractivity contribution in [3.05, 3.63) is 11.3 Å². The molecule has 0 unspecified atom stereocenters. The fraction of sp³-hybridized carbons (Fsp3) is 0.667. The summed E-state index contributed by atoms with van der Waals surface area (Å²) in [6.45, 7) is 5.69. The number of nitrogens with zero attached hydrogens (tertiary/aromatic N) is 1. The summed E-state index contributed by atoms with van der Waals surface area (Å²) in [7, 11) is 0. The van der Waals surface area contributed by atoms with Crippen molar-refractivity contribution in [1.82, 2.24) is 10.2 Å². The van der Waals surface area contributed by atoms with Gasteiger partial charge in [0, 0.05) is 23.7 Å². The minimum absolute atomic E-state index is 0.411. The molecule has 0 bridgehead atoms. The Balaban J connectivity index is 2.21. The lowest BCUT2D eigenvalue weighted by molar-refractivity contribution is 0.110. The Labute approximate surface area is 77.7 Å². The number of aromatic amines is 1. The molecule has 0 spiro atoms. The average Bonchev–Trinajstić information content (AvgIpc) is 2.48. The number of nitrogens with one attached hydrogen (secondary N) is 2. The second-order valence-corrected chi connectivity index (χ2v) is 3.63. The molecule has 2 heterocycles. The first-order chi connectivity index (χ1) is 6.27. The second-order valence-electron chi connectivity index (χ2n) is 3.63. The lowest BCUT2D eigenvalue weighted by atomic mass is 10.1. The minimum Gasteiger partial charge on any atom is -0.376 e. The third-order valence-corrected chi connectivity index (χ3v) is 2.12. The van der Waals surface area contributed by atoms with Crippen LogP contribution in [0.1, 0.15) is 25.1 Å². The molecule has 13 heavy (non-hydrogen) atoms. The molecule has 4 nitrogen and oxygen atoms in total. The van der Waals surface area contributed by atoms with Crippen LogP contribution in [0.3, 0.4) is 0 Å². The van der Waals surface area contributed by atoms with Gasteiger partial charge in [-0.15, -0.1) is 0 Å². The molecule has 0 aliphatic carbocycles. The van der Waals surface area contributed by atoms with E-state index < -0.39 is 0 Å². The van der Waals surface area contributed by atoms with Crippen molar-refractivity contribution in [1.29, 1.82) is 0 Å². The van der Waals surface area contributed by atoms with E-state index in [4.69, 9.17) is 4.74 Å². The molecule has 1 aliphatic rings. The maximum Gasteiger partial charge on any atom is 0.153 e. The predicted octanol–water partition coefficient (Wildman–Crippen LogP) is 1.30. The van der Waals surface area contributed by atoms with Crippen molar-refractivity contribution in [2.75, 3.05) is 11.9 Å². The fourth-order valence-electron chi connectivity index (χ4n) is 1.50. The Kier molecular flexibility index (Phi) is 2.22. The highest BCUT2D eigenvalue weighted by atomic mass is 16.5. The number of aromatic nitrogens is 2. The van der Waals surface area contributed by atoms with Gasteiger partial charge < -0.3 is 10.1 Å². The van der Waals surface area contributed by atoms with Crippen molar-refractivity contribution in [2.24, 2.45) is 0 Å². The number of hydrogen-bond donors (Lipinski definition) is 2. The molecule has 0 amide bonds. The molecule has 72 valence electrons. The van der Waals surface area contributed by atoms with Gasteiger partial charge in [-0.3, -0.25) is 5.10 Å². The van der Waals surface area contributed by atoms with Crippen LogP contribution in [0, 0.1) is 0 Å². The molecule has 0 saturated heterocycles. The van der Waals surface area contributed by atoms with Crippen LogP contribution in [0.15, 0.2) is 0 Å². The van der Waals surface area contributed by atoms with E-state index in [0.29, 0.717) is 12.6 Å². The van der Waals surface area contributed by atoms with Crippen molar-refractivity contribution in [3.8, 4) is 0 Å². The zero-order valence-corrected chi connectivity index (χ0v) is 8.05. The highest BCUT2D eigenvalue weighted by molar-refractivity contribution is 5.47. The quantitative estimate of drug-likeness (QED) is 0.723.